The molecule has 1 atom stereocenters. The number of H-pyrrole nitrogens is 1. The molecule has 3 aromatic heterocycles. The third kappa shape index (κ3) is 3.41. The Bertz CT molecular complexity index is 988. The molecule has 1 amide bonds. The maximum Gasteiger partial charge on any atom is 0.255 e. The summed E-state index contributed by atoms with van der Waals surface area (Å²) in [5.41, 5.74) is 1.44. The zero-order valence-corrected chi connectivity index (χ0v) is 15.3. The van der Waals surface area contributed by atoms with Crippen LogP contribution >= 0.6 is 11.6 Å². The first kappa shape index (κ1) is 17.9. The van der Waals surface area contributed by atoms with Crippen molar-refractivity contribution in [3.63, 3.8) is 0 Å². The highest BCUT2D eigenvalue weighted by atomic mass is 35.5. The average molecular weight is 376 g/mol. The van der Waals surface area contributed by atoms with Crippen LogP contribution in [-0.2, 0) is 11.2 Å². The largest absolute Gasteiger partial charge is 0.463 e. The number of amides is 1. The summed E-state index contributed by atoms with van der Waals surface area (Å²) < 4.78 is 6.70. The van der Waals surface area contributed by atoms with Crippen molar-refractivity contribution in [3.05, 3.63) is 46.1 Å². The molecule has 0 aliphatic rings. The van der Waals surface area contributed by atoms with Crippen molar-refractivity contribution in [1.82, 2.24) is 19.7 Å². The molecule has 136 valence electrons. The van der Waals surface area contributed by atoms with Crippen molar-refractivity contribution in [2.75, 3.05) is 5.32 Å². The van der Waals surface area contributed by atoms with E-state index in [4.69, 9.17) is 16.0 Å². The molecule has 0 saturated carbocycles. The van der Waals surface area contributed by atoms with Gasteiger partial charge in [0.1, 0.15) is 16.9 Å². The fourth-order valence-electron chi connectivity index (χ4n) is 2.51. The minimum absolute atomic E-state index is 0.194. The molecule has 3 heterocycles. The predicted molar refractivity (Wildman–Crippen MR) is 97.7 cm³/mol. The van der Waals surface area contributed by atoms with E-state index in [-0.39, 0.29) is 11.5 Å². The number of carbonyl (C=O) groups is 1. The summed E-state index contributed by atoms with van der Waals surface area (Å²) in [4.78, 5) is 31.4. The molecule has 0 bridgehead atoms. The molecule has 2 N–H and O–H groups in total. The second-order valence-electron chi connectivity index (χ2n) is 5.72. The van der Waals surface area contributed by atoms with Crippen LogP contribution in [0.1, 0.15) is 25.1 Å². The van der Waals surface area contributed by atoms with E-state index < -0.39 is 11.3 Å². The van der Waals surface area contributed by atoms with Crippen LogP contribution in [0.15, 0.2) is 33.7 Å². The lowest BCUT2D eigenvalue weighted by Gasteiger charge is -2.10. The highest BCUT2D eigenvalue weighted by molar-refractivity contribution is 6.32. The molecule has 0 fully saturated rings. The van der Waals surface area contributed by atoms with Crippen molar-refractivity contribution in [1.29, 1.82) is 0 Å². The molecule has 8 nitrogen and oxygen atoms in total. The van der Waals surface area contributed by atoms with E-state index in [9.17, 15) is 9.59 Å². The Morgan fingerprint density at radius 3 is 2.85 bits per heavy atom. The number of hydrogen-bond acceptors (Lipinski definition) is 5. The predicted octanol–water partition coefficient (Wildman–Crippen LogP) is 2.65. The average Bonchev–Trinajstić information content (AvgIpc) is 3.23. The molecular weight excluding hydrogens is 358 g/mol. The van der Waals surface area contributed by atoms with Crippen molar-refractivity contribution >= 4 is 23.3 Å². The molecule has 0 aliphatic carbocycles. The number of furan rings is 1. The summed E-state index contributed by atoms with van der Waals surface area (Å²) in [6, 6.07) is 5.09. The smallest absolute Gasteiger partial charge is 0.255 e. The topological polar surface area (TPSA) is 106 Å². The number of halogens is 1. The van der Waals surface area contributed by atoms with Crippen LogP contribution in [0.2, 0.25) is 0 Å². The normalized spacial score (nSPS) is 12.2. The fourth-order valence-corrected chi connectivity index (χ4v) is 2.57. The third-order valence-electron chi connectivity index (χ3n) is 3.86. The molecule has 3 aromatic rings. The summed E-state index contributed by atoms with van der Waals surface area (Å²) in [7, 11) is 0. The first-order valence-electron chi connectivity index (χ1n) is 8.09. The molecule has 0 saturated heterocycles. The summed E-state index contributed by atoms with van der Waals surface area (Å²) in [6.07, 6.45) is 2.09. The van der Waals surface area contributed by atoms with Gasteiger partial charge in [0.15, 0.2) is 5.76 Å². The molecule has 0 aliphatic heterocycles. The molecule has 0 spiro atoms. The molecule has 26 heavy (non-hydrogen) atoms. The first-order chi connectivity index (χ1) is 12.4. The molecule has 1 unspecified atom stereocenters. The molecule has 0 aromatic carbocycles. The van der Waals surface area contributed by atoms with Crippen molar-refractivity contribution in [3.8, 4) is 17.4 Å². The minimum Gasteiger partial charge on any atom is -0.463 e. The van der Waals surface area contributed by atoms with Crippen LogP contribution in [0.5, 0.6) is 0 Å². The third-order valence-corrected chi connectivity index (χ3v) is 4.06. The second kappa shape index (κ2) is 7.17. The summed E-state index contributed by atoms with van der Waals surface area (Å²) in [5, 5.41) is 6.36. The van der Waals surface area contributed by atoms with Gasteiger partial charge in [-0.2, -0.15) is 9.78 Å². The van der Waals surface area contributed by atoms with Crippen molar-refractivity contribution in [2.45, 2.75) is 32.6 Å². The van der Waals surface area contributed by atoms with E-state index in [1.165, 1.54) is 10.9 Å². The number of aromatic amines is 1. The lowest BCUT2D eigenvalue weighted by molar-refractivity contribution is -0.115. The van der Waals surface area contributed by atoms with Gasteiger partial charge in [0.2, 0.25) is 11.9 Å². The zero-order valence-electron chi connectivity index (χ0n) is 14.5. The van der Waals surface area contributed by atoms with E-state index in [0.717, 1.165) is 0 Å². The maximum absolute atomic E-state index is 12.3. The first-order valence-corrected chi connectivity index (χ1v) is 8.53. The van der Waals surface area contributed by atoms with Crippen LogP contribution in [0.3, 0.4) is 0 Å². The van der Waals surface area contributed by atoms with Crippen LogP contribution in [0, 0.1) is 6.92 Å². The van der Waals surface area contributed by atoms with Crippen molar-refractivity contribution < 1.29 is 9.21 Å². The Labute approximate surface area is 154 Å². The zero-order chi connectivity index (χ0) is 18.8. The monoisotopic (exact) mass is 375 g/mol. The Morgan fingerprint density at radius 2 is 2.27 bits per heavy atom. The highest BCUT2D eigenvalue weighted by Crippen LogP contribution is 2.24. The van der Waals surface area contributed by atoms with Gasteiger partial charge in [-0.3, -0.25) is 14.6 Å². The van der Waals surface area contributed by atoms with Crippen LogP contribution in [0.4, 0.5) is 5.82 Å². The molecule has 3 rings (SSSR count). The number of aromatic nitrogens is 4. The van der Waals surface area contributed by atoms with Gasteiger partial charge in [-0.15, -0.1) is 11.6 Å². The fraction of sp³-hybridized carbons (Fsp3) is 0.294. The number of nitrogens with zero attached hydrogens (tertiary/aromatic N) is 3. The van der Waals surface area contributed by atoms with Crippen LogP contribution in [-0.4, -0.2) is 31.0 Å². The number of carbonyl (C=O) groups excluding carboxylic acids is 1. The summed E-state index contributed by atoms with van der Waals surface area (Å²) >= 11 is 5.84. The van der Waals surface area contributed by atoms with Gasteiger partial charge in [0, 0.05) is 17.3 Å². The Balaban J connectivity index is 2.13. The van der Waals surface area contributed by atoms with Gasteiger partial charge >= 0.3 is 0 Å². The quantitative estimate of drug-likeness (QED) is 0.667. The second-order valence-corrected chi connectivity index (χ2v) is 6.37. The van der Waals surface area contributed by atoms with Crippen LogP contribution < -0.4 is 10.9 Å². The minimum atomic E-state index is -0.735. The number of alkyl halides is 1. The lowest BCUT2D eigenvalue weighted by atomic mass is 10.2. The number of rotatable bonds is 5. The van der Waals surface area contributed by atoms with E-state index in [0.29, 0.717) is 35.0 Å². The molecular formula is C17H18ClN5O3. The van der Waals surface area contributed by atoms with Gasteiger partial charge in [0.25, 0.3) is 5.56 Å². The molecule has 0 radical (unpaired) electrons. The van der Waals surface area contributed by atoms with E-state index >= 15 is 0 Å². The van der Waals surface area contributed by atoms with Gasteiger partial charge in [-0.05, 0) is 32.4 Å². The van der Waals surface area contributed by atoms with Gasteiger partial charge in [-0.1, -0.05) is 6.92 Å². The number of hydrogen-bond donors (Lipinski definition) is 2. The van der Waals surface area contributed by atoms with Crippen molar-refractivity contribution in [2.24, 2.45) is 0 Å². The lowest BCUT2D eigenvalue weighted by Crippen LogP contribution is -2.24. The standard InChI is InChI=1S/C17H18ClN5O3/c1-4-11-10(3)19-17(21-16(11)25)23-14(20-15(24)9(2)18)8-12(22-23)13-6-5-7-26-13/h5-9H,4H2,1-3H3,(H,20,24)(H,19,21,25). The molecule has 9 heteroatoms. The van der Waals surface area contributed by atoms with E-state index in [2.05, 4.69) is 20.4 Å². The van der Waals surface area contributed by atoms with E-state index in [1.807, 2.05) is 6.92 Å². The highest BCUT2D eigenvalue weighted by Gasteiger charge is 2.19. The Kier molecular flexibility index (Phi) is 4.94. The summed E-state index contributed by atoms with van der Waals surface area (Å²) in [6.45, 7) is 5.20. The van der Waals surface area contributed by atoms with E-state index in [1.54, 1.807) is 32.0 Å². The van der Waals surface area contributed by atoms with Gasteiger partial charge < -0.3 is 9.73 Å². The Hall–Kier alpha value is -2.87. The number of aryl methyl sites for hydroxylation is 1. The van der Waals surface area contributed by atoms with Crippen LogP contribution in [0.25, 0.3) is 17.4 Å². The maximum atomic E-state index is 12.3. The summed E-state index contributed by atoms with van der Waals surface area (Å²) in [5.74, 6) is 0.631. The van der Waals surface area contributed by atoms with Gasteiger partial charge in [-0.25, -0.2) is 4.98 Å². The Morgan fingerprint density at radius 1 is 1.50 bits per heavy atom. The SMILES string of the molecule is CCc1c(C)nc(-n2nc(-c3ccco3)cc2NC(=O)C(C)Cl)[nH]c1=O. The number of nitrogens with one attached hydrogen (secondary N) is 2. The van der Waals surface area contributed by atoms with Gasteiger partial charge in [0.05, 0.1) is 6.26 Å². The number of anilines is 1.